The average Bonchev–Trinajstić information content (AvgIpc) is 3.03. The van der Waals surface area contributed by atoms with Crippen molar-refractivity contribution in [3.63, 3.8) is 0 Å². The summed E-state index contributed by atoms with van der Waals surface area (Å²) in [6, 6.07) is 10.7. The number of benzene rings is 1. The van der Waals surface area contributed by atoms with Crippen LogP contribution in [0.25, 0.3) is 0 Å². The summed E-state index contributed by atoms with van der Waals surface area (Å²) >= 11 is 0. The predicted molar refractivity (Wildman–Crippen MR) is 91.0 cm³/mol. The highest BCUT2D eigenvalue weighted by molar-refractivity contribution is 5.73. The van der Waals surface area contributed by atoms with E-state index in [-0.39, 0.29) is 6.03 Å². The van der Waals surface area contributed by atoms with Crippen LogP contribution in [0.5, 0.6) is 0 Å². The van der Waals surface area contributed by atoms with E-state index in [0.29, 0.717) is 18.5 Å². The summed E-state index contributed by atoms with van der Waals surface area (Å²) in [6.07, 6.45) is 6.08. The lowest BCUT2D eigenvalue weighted by Gasteiger charge is -2.25. The van der Waals surface area contributed by atoms with E-state index in [1.807, 2.05) is 6.07 Å². The molecule has 0 aliphatic heterocycles. The van der Waals surface area contributed by atoms with Crippen LogP contribution in [0.2, 0.25) is 0 Å². The van der Waals surface area contributed by atoms with Crippen LogP contribution in [0.1, 0.15) is 31.2 Å². The van der Waals surface area contributed by atoms with Crippen molar-refractivity contribution in [3.8, 4) is 0 Å². The third-order valence-electron chi connectivity index (χ3n) is 4.57. The zero-order valence-electron chi connectivity index (χ0n) is 13.8. The van der Waals surface area contributed by atoms with Gasteiger partial charge in [-0.3, -0.25) is 0 Å². The molecule has 0 saturated heterocycles. The van der Waals surface area contributed by atoms with Gasteiger partial charge < -0.3 is 15.5 Å². The lowest BCUT2D eigenvalue weighted by Crippen LogP contribution is -2.45. The maximum Gasteiger partial charge on any atom is 0.314 e. The highest BCUT2D eigenvalue weighted by Gasteiger charge is 2.17. The van der Waals surface area contributed by atoms with Gasteiger partial charge >= 0.3 is 6.03 Å². The van der Waals surface area contributed by atoms with Crippen LogP contribution in [0.15, 0.2) is 30.3 Å². The maximum atomic E-state index is 11.9. The van der Waals surface area contributed by atoms with Crippen molar-refractivity contribution in [2.75, 3.05) is 27.2 Å². The van der Waals surface area contributed by atoms with Crippen molar-refractivity contribution in [2.45, 2.75) is 38.1 Å². The molecule has 4 nitrogen and oxygen atoms in total. The topological polar surface area (TPSA) is 44.4 Å². The van der Waals surface area contributed by atoms with Crippen molar-refractivity contribution in [3.05, 3.63) is 35.9 Å². The molecule has 0 aromatic heterocycles. The van der Waals surface area contributed by atoms with E-state index in [9.17, 15) is 4.79 Å². The van der Waals surface area contributed by atoms with Crippen molar-refractivity contribution in [1.82, 2.24) is 15.5 Å². The second kappa shape index (κ2) is 8.79. The molecular formula is C18H29N3O. The fourth-order valence-corrected chi connectivity index (χ4v) is 3.05. The van der Waals surface area contributed by atoms with Crippen LogP contribution >= 0.6 is 0 Å². The molecule has 1 aromatic carbocycles. The molecule has 2 N–H and O–H groups in total. The molecule has 2 rings (SSSR count). The molecule has 22 heavy (non-hydrogen) atoms. The Balaban J connectivity index is 1.72. The molecule has 0 heterocycles. The molecule has 1 aliphatic carbocycles. The first-order valence-electron chi connectivity index (χ1n) is 8.37. The van der Waals surface area contributed by atoms with Crippen molar-refractivity contribution in [1.29, 1.82) is 0 Å². The zero-order chi connectivity index (χ0) is 15.8. The number of carbonyl (C=O) groups is 1. The van der Waals surface area contributed by atoms with Crippen LogP contribution < -0.4 is 10.6 Å². The zero-order valence-corrected chi connectivity index (χ0v) is 13.8. The van der Waals surface area contributed by atoms with Gasteiger partial charge in [-0.05, 0) is 44.8 Å². The van der Waals surface area contributed by atoms with E-state index < -0.39 is 0 Å². The Bertz CT molecular complexity index is 441. The number of likely N-dealkylation sites (N-methyl/N-ethyl adjacent to an activating group) is 1. The SMILES string of the molecule is CN(C)C(CNC(=O)NCC1CCCC1)Cc1ccccc1. The molecule has 1 fully saturated rings. The van der Waals surface area contributed by atoms with Gasteiger partial charge in [-0.25, -0.2) is 4.79 Å². The Labute approximate surface area is 134 Å². The number of hydrogen-bond acceptors (Lipinski definition) is 2. The summed E-state index contributed by atoms with van der Waals surface area (Å²) in [5.74, 6) is 0.680. The first-order valence-corrected chi connectivity index (χ1v) is 8.37. The van der Waals surface area contributed by atoms with Gasteiger partial charge in [0.25, 0.3) is 0 Å². The van der Waals surface area contributed by atoms with Gasteiger partial charge in [0.2, 0.25) is 0 Å². The molecule has 4 heteroatoms. The smallest absolute Gasteiger partial charge is 0.314 e. The van der Waals surface area contributed by atoms with Crippen molar-refractivity contribution >= 4 is 6.03 Å². The second-order valence-electron chi connectivity index (χ2n) is 6.55. The number of rotatable bonds is 7. The third-order valence-corrected chi connectivity index (χ3v) is 4.57. The van der Waals surface area contributed by atoms with Gasteiger partial charge in [0, 0.05) is 19.1 Å². The Morgan fingerprint density at radius 1 is 1.18 bits per heavy atom. The summed E-state index contributed by atoms with van der Waals surface area (Å²) in [5.41, 5.74) is 1.30. The Morgan fingerprint density at radius 2 is 1.86 bits per heavy atom. The second-order valence-corrected chi connectivity index (χ2v) is 6.55. The summed E-state index contributed by atoms with van der Waals surface area (Å²) in [4.78, 5) is 14.1. The number of nitrogens with one attached hydrogen (secondary N) is 2. The van der Waals surface area contributed by atoms with Gasteiger partial charge in [-0.15, -0.1) is 0 Å². The quantitative estimate of drug-likeness (QED) is 0.813. The van der Waals surface area contributed by atoms with Gasteiger partial charge in [-0.1, -0.05) is 43.2 Å². The molecular weight excluding hydrogens is 274 g/mol. The molecule has 2 amide bonds. The van der Waals surface area contributed by atoms with Gasteiger partial charge in [0.05, 0.1) is 0 Å². The van der Waals surface area contributed by atoms with Crippen molar-refractivity contribution in [2.24, 2.45) is 5.92 Å². The predicted octanol–water partition coefficient (Wildman–Crippen LogP) is 2.65. The number of hydrogen-bond donors (Lipinski definition) is 2. The van der Waals surface area contributed by atoms with Crippen LogP contribution in [-0.4, -0.2) is 44.2 Å². The number of urea groups is 1. The van der Waals surface area contributed by atoms with E-state index in [2.05, 4.69) is 53.9 Å². The van der Waals surface area contributed by atoms with Crippen LogP contribution in [0.3, 0.4) is 0 Å². The summed E-state index contributed by atoms with van der Waals surface area (Å²) in [7, 11) is 4.12. The van der Waals surface area contributed by atoms with Gasteiger partial charge in [0.1, 0.15) is 0 Å². The minimum atomic E-state index is -0.0354. The van der Waals surface area contributed by atoms with E-state index in [4.69, 9.17) is 0 Å². The van der Waals surface area contributed by atoms with E-state index in [1.165, 1.54) is 31.2 Å². The minimum Gasteiger partial charge on any atom is -0.338 e. The fourth-order valence-electron chi connectivity index (χ4n) is 3.05. The number of nitrogens with zero attached hydrogens (tertiary/aromatic N) is 1. The van der Waals surface area contributed by atoms with Crippen LogP contribution in [-0.2, 0) is 6.42 Å². The summed E-state index contributed by atoms with van der Waals surface area (Å²) in [6.45, 7) is 1.48. The van der Waals surface area contributed by atoms with E-state index >= 15 is 0 Å². The molecule has 0 spiro atoms. The van der Waals surface area contributed by atoms with Crippen LogP contribution in [0, 0.1) is 5.92 Å². The minimum absolute atomic E-state index is 0.0354. The van der Waals surface area contributed by atoms with Gasteiger partial charge in [-0.2, -0.15) is 0 Å². The molecule has 1 unspecified atom stereocenters. The Morgan fingerprint density at radius 3 is 2.50 bits per heavy atom. The molecule has 1 atom stereocenters. The van der Waals surface area contributed by atoms with E-state index in [0.717, 1.165) is 13.0 Å². The average molecular weight is 303 g/mol. The maximum absolute atomic E-state index is 11.9. The normalized spacial score (nSPS) is 16.7. The molecule has 0 radical (unpaired) electrons. The number of carbonyl (C=O) groups excluding carboxylic acids is 1. The van der Waals surface area contributed by atoms with E-state index in [1.54, 1.807) is 0 Å². The third kappa shape index (κ3) is 5.68. The monoisotopic (exact) mass is 303 g/mol. The molecule has 1 aliphatic rings. The van der Waals surface area contributed by atoms with Crippen LogP contribution in [0.4, 0.5) is 4.79 Å². The molecule has 122 valence electrons. The fraction of sp³-hybridized carbons (Fsp3) is 0.611. The molecule has 1 aromatic rings. The molecule has 0 bridgehead atoms. The summed E-state index contributed by atoms with van der Waals surface area (Å²) in [5, 5.41) is 6.03. The standard InChI is InChI=1S/C18H29N3O/c1-21(2)17(12-15-8-4-3-5-9-15)14-20-18(22)19-13-16-10-6-7-11-16/h3-5,8-9,16-17H,6-7,10-14H2,1-2H3,(H2,19,20,22). The lowest BCUT2D eigenvalue weighted by atomic mass is 10.1. The van der Waals surface area contributed by atoms with Gasteiger partial charge in [0.15, 0.2) is 0 Å². The Hall–Kier alpha value is -1.55. The largest absolute Gasteiger partial charge is 0.338 e. The first kappa shape index (κ1) is 16.8. The summed E-state index contributed by atoms with van der Waals surface area (Å²) < 4.78 is 0. The molecule has 1 saturated carbocycles. The highest BCUT2D eigenvalue weighted by atomic mass is 16.2. The van der Waals surface area contributed by atoms with Crippen molar-refractivity contribution < 1.29 is 4.79 Å². The number of amides is 2. The lowest BCUT2D eigenvalue weighted by molar-refractivity contribution is 0.230. The highest BCUT2D eigenvalue weighted by Crippen LogP contribution is 2.23. The first-order chi connectivity index (χ1) is 10.6. The Kier molecular flexibility index (Phi) is 6.72.